The lowest BCUT2D eigenvalue weighted by molar-refractivity contribution is -0.117. The Morgan fingerprint density at radius 1 is 0.893 bits per heavy atom. The van der Waals surface area contributed by atoms with Crippen molar-refractivity contribution in [3.05, 3.63) is 65.5 Å². The third kappa shape index (κ3) is 5.10. The van der Waals surface area contributed by atoms with Gasteiger partial charge in [0.15, 0.2) is 0 Å². The third-order valence-electron chi connectivity index (χ3n) is 4.54. The van der Waals surface area contributed by atoms with Crippen molar-refractivity contribution in [1.29, 1.82) is 0 Å². The van der Waals surface area contributed by atoms with E-state index in [1.807, 2.05) is 4.90 Å². The number of hydrogen-bond acceptors (Lipinski definition) is 3. The van der Waals surface area contributed by atoms with Crippen LogP contribution in [0.1, 0.15) is 16.8 Å². The van der Waals surface area contributed by atoms with Crippen molar-refractivity contribution in [2.75, 3.05) is 38.0 Å². The summed E-state index contributed by atoms with van der Waals surface area (Å²) in [5.41, 5.74) is 0.210. The summed E-state index contributed by atoms with van der Waals surface area (Å²) in [5, 5.41) is 2.37. The first-order valence-corrected chi connectivity index (χ1v) is 8.94. The van der Waals surface area contributed by atoms with E-state index in [-0.39, 0.29) is 18.1 Å². The minimum absolute atomic E-state index is 0.00846. The first-order chi connectivity index (χ1) is 13.4. The van der Waals surface area contributed by atoms with Gasteiger partial charge in [0.2, 0.25) is 5.91 Å². The van der Waals surface area contributed by atoms with Gasteiger partial charge in [-0.25, -0.2) is 13.2 Å². The average molecular weight is 391 g/mol. The standard InChI is InChI=1S/C20H20F3N3O2/c21-15-4-2-14(3-5-15)20(28)26-9-1-8-25(10-11-26)13-19(27)24-18-12-16(22)6-7-17(18)23/h2-7,12H,1,8-11,13H2,(H,24,27). The lowest BCUT2D eigenvalue weighted by Gasteiger charge is -2.22. The van der Waals surface area contributed by atoms with Crippen molar-refractivity contribution in [3.8, 4) is 0 Å². The molecule has 1 saturated heterocycles. The Morgan fingerprint density at radius 2 is 1.61 bits per heavy atom. The summed E-state index contributed by atoms with van der Waals surface area (Å²) in [6.45, 7) is 2.00. The fraction of sp³-hybridized carbons (Fsp3) is 0.300. The van der Waals surface area contributed by atoms with Gasteiger partial charge in [0.1, 0.15) is 17.5 Å². The Bertz CT molecular complexity index is 858. The minimum Gasteiger partial charge on any atom is -0.337 e. The molecule has 1 heterocycles. The van der Waals surface area contributed by atoms with Crippen LogP contribution in [0.25, 0.3) is 0 Å². The first kappa shape index (κ1) is 19.9. The summed E-state index contributed by atoms with van der Waals surface area (Å²) in [7, 11) is 0. The highest BCUT2D eigenvalue weighted by atomic mass is 19.1. The average Bonchev–Trinajstić information content (AvgIpc) is 2.90. The topological polar surface area (TPSA) is 52.7 Å². The highest BCUT2D eigenvalue weighted by Gasteiger charge is 2.22. The summed E-state index contributed by atoms with van der Waals surface area (Å²) in [6, 6.07) is 8.24. The van der Waals surface area contributed by atoms with Crippen LogP contribution < -0.4 is 5.32 Å². The van der Waals surface area contributed by atoms with Crippen LogP contribution in [0.3, 0.4) is 0 Å². The van der Waals surface area contributed by atoms with Crippen molar-refractivity contribution in [1.82, 2.24) is 9.80 Å². The molecule has 2 aromatic carbocycles. The molecular weight excluding hydrogens is 371 g/mol. The van der Waals surface area contributed by atoms with E-state index in [1.54, 1.807) is 4.90 Å². The number of carbonyl (C=O) groups excluding carboxylic acids is 2. The van der Waals surface area contributed by atoms with Crippen LogP contribution in [0.5, 0.6) is 0 Å². The van der Waals surface area contributed by atoms with Crippen molar-refractivity contribution in [2.45, 2.75) is 6.42 Å². The third-order valence-corrected chi connectivity index (χ3v) is 4.54. The summed E-state index contributed by atoms with van der Waals surface area (Å²) in [5.74, 6) is -2.39. The number of amides is 2. The zero-order valence-corrected chi connectivity index (χ0v) is 15.1. The Morgan fingerprint density at radius 3 is 2.36 bits per heavy atom. The lowest BCUT2D eigenvalue weighted by atomic mass is 10.2. The number of hydrogen-bond donors (Lipinski definition) is 1. The minimum atomic E-state index is -0.707. The molecule has 2 amide bonds. The Labute approximate surface area is 160 Å². The van der Waals surface area contributed by atoms with Crippen molar-refractivity contribution >= 4 is 17.5 Å². The summed E-state index contributed by atoms with van der Waals surface area (Å²) in [4.78, 5) is 28.2. The van der Waals surface area contributed by atoms with Gasteiger partial charge in [0.25, 0.3) is 5.91 Å². The number of carbonyl (C=O) groups is 2. The second kappa shape index (κ2) is 8.88. The molecule has 8 heteroatoms. The fourth-order valence-corrected chi connectivity index (χ4v) is 3.09. The van der Waals surface area contributed by atoms with Gasteiger partial charge < -0.3 is 10.2 Å². The van der Waals surface area contributed by atoms with Gasteiger partial charge in [0, 0.05) is 37.8 Å². The lowest BCUT2D eigenvalue weighted by Crippen LogP contribution is -2.38. The molecule has 0 saturated carbocycles. The second-order valence-electron chi connectivity index (χ2n) is 6.60. The number of rotatable bonds is 4. The van der Waals surface area contributed by atoms with E-state index in [4.69, 9.17) is 0 Å². The number of anilines is 1. The maximum absolute atomic E-state index is 13.6. The van der Waals surface area contributed by atoms with Crippen LogP contribution in [0.4, 0.5) is 18.9 Å². The predicted octanol–water partition coefficient (Wildman–Crippen LogP) is 2.89. The number of halogens is 3. The molecule has 3 rings (SSSR count). The molecule has 1 N–H and O–H groups in total. The normalized spacial score (nSPS) is 15.2. The monoisotopic (exact) mass is 391 g/mol. The van der Waals surface area contributed by atoms with Crippen LogP contribution >= 0.6 is 0 Å². The molecule has 5 nitrogen and oxygen atoms in total. The summed E-state index contributed by atoms with van der Waals surface area (Å²) < 4.78 is 39.9. The van der Waals surface area contributed by atoms with E-state index in [2.05, 4.69) is 5.32 Å². The van der Waals surface area contributed by atoms with Crippen LogP contribution in [-0.4, -0.2) is 54.3 Å². The molecule has 2 aromatic rings. The number of benzene rings is 2. The molecular formula is C20H20F3N3O2. The van der Waals surface area contributed by atoms with Crippen molar-refractivity contribution in [2.24, 2.45) is 0 Å². The molecule has 28 heavy (non-hydrogen) atoms. The Kier molecular flexibility index (Phi) is 6.30. The van der Waals surface area contributed by atoms with Gasteiger partial charge in [-0.05, 0) is 42.8 Å². The maximum atomic E-state index is 13.6. The Hall–Kier alpha value is -2.87. The molecule has 1 aliphatic heterocycles. The van der Waals surface area contributed by atoms with Crippen LogP contribution in [0.2, 0.25) is 0 Å². The highest BCUT2D eigenvalue weighted by Crippen LogP contribution is 2.15. The van der Waals surface area contributed by atoms with E-state index < -0.39 is 23.4 Å². The molecule has 0 unspecified atom stereocenters. The zero-order chi connectivity index (χ0) is 20.1. The van der Waals surface area contributed by atoms with Gasteiger partial charge in [-0.1, -0.05) is 0 Å². The van der Waals surface area contributed by atoms with Crippen LogP contribution in [0.15, 0.2) is 42.5 Å². The fourth-order valence-electron chi connectivity index (χ4n) is 3.09. The van der Waals surface area contributed by atoms with Crippen molar-refractivity contribution in [3.63, 3.8) is 0 Å². The molecule has 0 aliphatic carbocycles. The number of nitrogens with zero attached hydrogens (tertiary/aromatic N) is 2. The predicted molar refractivity (Wildman–Crippen MR) is 98.3 cm³/mol. The summed E-state index contributed by atoms with van der Waals surface area (Å²) >= 11 is 0. The Balaban J connectivity index is 1.54. The van der Waals surface area contributed by atoms with Crippen molar-refractivity contribution < 1.29 is 22.8 Å². The molecule has 0 bridgehead atoms. The van der Waals surface area contributed by atoms with E-state index in [9.17, 15) is 22.8 Å². The zero-order valence-electron chi connectivity index (χ0n) is 15.1. The van der Waals surface area contributed by atoms with E-state index in [1.165, 1.54) is 24.3 Å². The van der Waals surface area contributed by atoms with Gasteiger partial charge >= 0.3 is 0 Å². The molecule has 0 atom stereocenters. The molecule has 0 radical (unpaired) electrons. The first-order valence-electron chi connectivity index (χ1n) is 8.94. The quantitative estimate of drug-likeness (QED) is 0.872. The van der Waals surface area contributed by atoms with Gasteiger partial charge in [0.05, 0.1) is 12.2 Å². The largest absolute Gasteiger partial charge is 0.337 e. The van der Waals surface area contributed by atoms with E-state index >= 15 is 0 Å². The summed E-state index contributed by atoms with van der Waals surface area (Å²) in [6.07, 6.45) is 0.661. The smallest absolute Gasteiger partial charge is 0.253 e. The van der Waals surface area contributed by atoms with Gasteiger partial charge in [-0.3, -0.25) is 14.5 Å². The second-order valence-corrected chi connectivity index (χ2v) is 6.60. The van der Waals surface area contributed by atoms with Crippen LogP contribution in [-0.2, 0) is 4.79 Å². The molecule has 148 valence electrons. The van der Waals surface area contributed by atoms with E-state index in [0.29, 0.717) is 38.2 Å². The SMILES string of the molecule is O=C(CN1CCCN(C(=O)c2ccc(F)cc2)CC1)Nc1cc(F)ccc1F. The number of nitrogens with one attached hydrogen (secondary N) is 1. The van der Waals surface area contributed by atoms with Crippen LogP contribution in [0, 0.1) is 17.5 Å². The van der Waals surface area contributed by atoms with Gasteiger partial charge in [-0.15, -0.1) is 0 Å². The highest BCUT2D eigenvalue weighted by molar-refractivity contribution is 5.94. The molecule has 1 aliphatic rings. The molecule has 0 spiro atoms. The van der Waals surface area contributed by atoms with Gasteiger partial charge in [-0.2, -0.15) is 0 Å². The molecule has 0 aromatic heterocycles. The van der Waals surface area contributed by atoms with E-state index in [0.717, 1.165) is 18.2 Å². The molecule has 1 fully saturated rings. The maximum Gasteiger partial charge on any atom is 0.253 e.